The van der Waals surface area contributed by atoms with Crippen molar-refractivity contribution in [3.8, 4) is 0 Å². The first kappa shape index (κ1) is 18.7. The Bertz CT molecular complexity index is 818. The van der Waals surface area contributed by atoms with E-state index in [4.69, 9.17) is 4.74 Å². The van der Waals surface area contributed by atoms with Gasteiger partial charge in [0.05, 0.1) is 11.1 Å². The van der Waals surface area contributed by atoms with E-state index in [1.807, 2.05) is 18.7 Å². The van der Waals surface area contributed by atoms with Crippen LogP contribution in [0.2, 0.25) is 0 Å². The SMILES string of the molecule is CC(C)(Nc1ncc(C(=O)N2CCC3(CCOCC3)C2)cn1)c1cncnc1. The van der Waals surface area contributed by atoms with Crippen LogP contribution in [0.5, 0.6) is 0 Å². The number of ether oxygens (including phenoxy) is 1. The van der Waals surface area contributed by atoms with E-state index in [0.717, 1.165) is 51.1 Å². The molecule has 1 amide bonds. The van der Waals surface area contributed by atoms with Gasteiger partial charge in [0.1, 0.15) is 6.33 Å². The zero-order chi connectivity index (χ0) is 19.6. The molecule has 2 saturated heterocycles. The Morgan fingerprint density at radius 3 is 2.46 bits per heavy atom. The third-order valence-electron chi connectivity index (χ3n) is 5.88. The van der Waals surface area contributed by atoms with Gasteiger partial charge in [0.15, 0.2) is 0 Å². The molecule has 148 valence electrons. The zero-order valence-electron chi connectivity index (χ0n) is 16.4. The number of hydrogen-bond donors (Lipinski definition) is 1. The van der Waals surface area contributed by atoms with Crippen molar-refractivity contribution in [2.24, 2.45) is 5.41 Å². The van der Waals surface area contributed by atoms with Crippen molar-refractivity contribution >= 4 is 11.9 Å². The van der Waals surface area contributed by atoms with Crippen LogP contribution in [0.1, 0.15) is 49.0 Å². The fourth-order valence-corrected chi connectivity index (χ4v) is 3.98. The molecule has 0 bridgehead atoms. The molecule has 0 radical (unpaired) electrons. The second-order valence-corrected chi connectivity index (χ2v) is 8.26. The Morgan fingerprint density at radius 1 is 1.11 bits per heavy atom. The lowest BCUT2D eigenvalue weighted by Gasteiger charge is -2.33. The molecule has 2 aromatic heterocycles. The number of carbonyl (C=O) groups excluding carboxylic acids is 1. The van der Waals surface area contributed by atoms with E-state index in [9.17, 15) is 4.79 Å². The first-order valence-electron chi connectivity index (χ1n) is 9.70. The van der Waals surface area contributed by atoms with Gasteiger partial charge in [-0.05, 0) is 38.5 Å². The molecule has 4 heterocycles. The van der Waals surface area contributed by atoms with Crippen molar-refractivity contribution < 1.29 is 9.53 Å². The highest BCUT2D eigenvalue weighted by atomic mass is 16.5. The zero-order valence-corrected chi connectivity index (χ0v) is 16.4. The van der Waals surface area contributed by atoms with E-state index in [0.29, 0.717) is 11.5 Å². The van der Waals surface area contributed by atoms with Gasteiger partial charge in [0.25, 0.3) is 5.91 Å². The fourth-order valence-electron chi connectivity index (χ4n) is 3.98. The van der Waals surface area contributed by atoms with Crippen LogP contribution < -0.4 is 5.32 Å². The Kier molecular flexibility index (Phi) is 4.97. The Morgan fingerprint density at radius 2 is 1.79 bits per heavy atom. The van der Waals surface area contributed by atoms with Crippen molar-refractivity contribution in [3.05, 3.63) is 42.2 Å². The van der Waals surface area contributed by atoms with E-state index >= 15 is 0 Å². The lowest BCUT2D eigenvalue weighted by atomic mass is 9.80. The molecule has 1 N–H and O–H groups in total. The minimum absolute atomic E-state index is 0.00522. The lowest BCUT2D eigenvalue weighted by Crippen LogP contribution is -2.35. The van der Waals surface area contributed by atoms with Crippen molar-refractivity contribution in [2.75, 3.05) is 31.6 Å². The summed E-state index contributed by atoms with van der Waals surface area (Å²) < 4.78 is 5.48. The highest BCUT2D eigenvalue weighted by molar-refractivity contribution is 5.94. The van der Waals surface area contributed by atoms with E-state index in [1.165, 1.54) is 6.33 Å². The molecule has 28 heavy (non-hydrogen) atoms. The third kappa shape index (κ3) is 3.82. The molecule has 8 heteroatoms. The maximum Gasteiger partial charge on any atom is 0.257 e. The van der Waals surface area contributed by atoms with Crippen molar-refractivity contribution in [2.45, 2.75) is 38.6 Å². The van der Waals surface area contributed by atoms with E-state index in [1.54, 1.807) is 24.8 Å². The average Bonchev–Trinajstić information content (AvgIpc) is 3.12. The predicted molar refractivity (Wildman–Crippen MR) is 104 cm³/mol. The number of rotatable bonds is 4. The fraction of sp³-hybridized carbons (Fsp3) is 0.550. The summed E-state index contributed by atoms with van der Waals surface area (Å²) in [6.07, 6.45) is 11.3. The highest BCUT2D eigenvalue weighted by Gasteiger charge is 2.41. The first-order chi connectivity index (χ1) is 13.5. The number of hydrogen-bond acceptors (Lipinski definition) is 7. The number of anilines is 1. The minimum atomic E-state index is -0.433. The quantitative estimate of drug-likeness (QED) is 0.867. The van der Waals surface area contributed by atoms with Gasteiger partial charge in [0.2, 0.25) is 5.95 Å². The number of likely N-dealkylation sites (tertiary alicyclic amines) is 1. The Labute approximate surface area is 164 Å². The van der Waals surface area contributed by atoms with Crippen LogP contribution in [-0.2, 0) is 10.3 Å². The van der Waals surface area contributed by atoms with Gasteiger partial charge in [-0.2, -0.15) is 0 Å². The van der Waals surface area contributed by atoms with Crippen molar-refractivity contribution in [1.82, 2.24) is 24.8 Å². The molecule has 2 aromatic rings. The summed E-state index contributed by atoms with van der Waals surface area (Å²) in [6, 6.07) is 0. The van der Waals surface area contributed by atoms with Gasteiger partial charge in [-0.1, -0.05) is 0 Å². The van der Waals surface area contributed by atoms with Gasteiger partial charge < -0.3 is 15.0 Å². The molecule has 0 saturated carbocycles. The maximum absolute atomic E-state index is 12.9. The van der Waals surface area contributed by atoms with Crippen LogP contribution in [0.25, 0.3) is 0 Å². The summed E-state index contributed by atoms with van der Waals surface area (Å²) in [7, 11) is 0. The van der Waals surface area contributed by atoms with Crippen LogP contribution in [0.15, 0.2) is 31.1 Å². The highest BCUT2D eigenvalue weighted by Crippen LogP contribution is 2.40. The number of carbonyl (C=O) groups is 1. The molecule has 0 aromatic carbocycles. The predicted octanol–water partition coefficient (Wildman–Crippen LogP) is 2.26. The summed E-state index contributed by atoms with van der Waals surface area (Å²) in [4.78, 5) is 31.6. The summed E-state index contributed by atoms with van der Waals surface area (Å²) in [5.74, 6) is 0.471. The van der Waals surface area contributed by atoms with Crippen LogP contribution in [0.3, 0.4) is 0 Å². The first-order valence-corrected chi connectivity index (χ1v) is 9.70. The molecule has 2 fully saturated rings. The smallest absolute Gasteiger partial charge is 0.257 e. The van der Waals surface area contributed by atoms with E-state index < -0.39 is 5.54 Å². The van der Waals surface area contributed by atoms with Crippen LogP contribution in [0, 0.1) is 5.41 Å². The van der Waals surface area contributed by atoms with Crippen molar-refractivity contribution in [1.29, 1.82) is 0 Å². The van der Waals surface area contributed by atoms with E-state index in [-0.39, 0.29) is 11.3 Å². The van der Waals surface area contributed by atoms with Gasteiger partial charge in [0, 0.05) is 56.7 Å². The molecule has 0 atom stereocenters. The molecule has 1 spiro atoms. The molecule has 2 aliphatic heterocycles. The summed E-state index contributed by atoms with van der Waals surface area (Å²) in [5, 5.41) is 3.28. The number of nitrogens with zero attached hydrogens (tertiary/aromatic N) is 5. The molecular formula is C20H26N6O2. The van der Waals surface area contributed by atoms with Crippen LogP contribution >= 0.6 is 0 Å². The van der Waals surface area contributed by atoms with Gasteiger partial charge in [-0.3, -0.25) is 4.79 Å². The van der Waals surface area contributed by atoms with Gasteiger partial charge >= 0.3 is 0 Å². The molecule has 8 nitrogen and oxygen atoms in total. The molecule has 0 unspecified atom stereocenters. The average molecular weight is 382 g/mol. The number of nitrogens with one attached hydrogen (secondary N) is 1. The largest absolute Gasteiger partial charge is 0.381 e. The third-order valence-corrected chi connectivity index (χ3v) is 5.88. The minimum Gasteiger partial charge on any atom is -0.381 e. The lowest BCUT2D eigenvalue weighted by molar-refractivity contribution is 0.0191. The molecular weight excluding hydrogens is 356 g/mol. The number of aromatic nitrogens is 4. The van der Waals surface area contributed by atoms with Crippen LogP contribution in [-0.4, -0.2) is 57.0 Å². The molecule has 4 rings (SSSR count). The standard InChI is InChI=1S/C20H26N6O2/c1-19(2,16-11-21-14-22-12-16)25-18-23-9-15(10-24-18)17(27)26-6-3-20(13-26)4-7-28-8-5-20/h9-12,14H,3-8,13H2,1-2H3,(H,23,24,25). The Hall–Kier alpha value is -2.61. The normalized spacial score (nSPS) is 19.0. The topological polar surface area (TPSA) is 93.1 Å². The number of amides is 1. The summed E-state index contributed by atoms with van der Waals surface area (Å²) >= 11 is 0. The summed E-state index contributed by atoms with van der Waals surface area (Å²) in [6.45, 7) is 7.20. The monoisotopic (exact) mass is 382 g/mol. The van der Waals surface area contributed by atoms with Crippen LogP contribution in [0.4, 0.5) is 5.95 Å². The molecule has 0 aliphatic carbocycles. The van der Waals surface area contributed by atoms with Crippen molar-refractivity contribution in [3.63, 3.8) is 0 Å². The maximum atomic E-state index is 12.9. The molecule has 2 aliphatic rings. The van der Waals surface area contributed by atoms with Gasteiger partial charge in [-0.25, -0.2) is 19.9 Å². The summed E-state index contributed by atoms with van der Waals surface area (Å²) in [5.41, 5.74) is 1.25. The van der Waals surface area contributed by atoms with E-state index in [2.05, 4.69) is 25.3 Å². The van der Waals surface area contributed by atoms with Gasteiger partial charge in [-0.15, -0.1) is 0 Å². The second-order valence-electron chi connectivity index (χ2n) is 8.26. The Balaban J connectivity index is 1.41. The second kappa shape index (κ2) is 7.43.